The zero-order chi connectivity index (χ0) is 15.0. The van der Waals surface area contributed by atoms with Crippen LogP contribution in [-0.2, 0) is 4.79 Å². The minimum absolute atomic E-state index is 0.0525. The summed E-state index contributed by atoms with van der Waals surface area (Å²) in [6, 6.07) is 3.52. The van der Waals surface area contributed by atoms with Gasteiger partial charge in [-0.15, -0.1) is 0 Å². The molecule has 1 aliphatic rings. The van der Waals surface area contributed by atoms with E-state index in [-0.39, 0.29) is 11.8 Å². The smallest absolute Gasteiger partial charge is 0.272 e. The van der Waals surface area contributed by atoms with E-state index in [4.69, 9.17) is 0 Å². The Morgan fingerprint density at radius 2 is 1.81 bits per heavy atom. The van der Waals surface area contributed by atoms with Gasteiger partial charge in [0, 0.05) is 44.9 Å². The number of piperazine rings is 1. The van der Waals surface area contributed by atoms with E-state index in [1.807, 2.05) is 6.92 Å². The third-order valence-electron chi connectivity index (χ3n) is 3.77. The normalized spacial score (nSPS) is 15.5. The van der Waals surface area contributed by atoms with Crippen LogP contribution in [0, 0.1) is 6.92 Å². The Balaban J connectivity index is 1.79. The zero-order valence-corrected chi connectivity index (χ0v) is 12.1. The highest BCUT2D eigenvalue weighted by Crippen LogP contribution is 2.11. The summed E-state index contributed by atoms with van der Waals surface area (Å²) >= 11 is 0. The molecule has 0 N–H and O–H groups in total. The summed E-state index contributed by atoms with van der Waals surface area (Å²) in [6.07, 6.45) is 1.66. The number of carbonyl (C=O) groups is 2. The summed E-state index contributed by atoms with van der Waals surface area (Å²) in [7, 11) is 0. The van der Waals surface area contributed by atoms with E-state index in [9.17, 15) is 9.59 Å². The molecule has 1 saturated heterocycles. The van der Waals surface area contributed by atoms with Crippen LogP contribution in [-0.4, -0.2) is 62.4 Å². The van der Waals surface area contributed by atoms with Crippen molar-refractivity contribution in [3.05, 3.63) is 29.7 Å². The molecule has 2 aromatic rings. The molecule has 0 unspecified atom stereocenters. The lowest BCUT2D eigenvalue weighted by molar-refractivity contribution is -0.130. The predicted molar refractivity (Wildman–Crippen MR) is 75.9 cm³/mol. The Morgan fingerprint density at radius 3 is 2.48 bits per heavy atom. The maximum Gasteiger partial charge on any atom is 0.272 e. The maximum absolute atomic E-state index is 12.5. The van der Waals surface area contributed by atoms with Crippen molar-refractivity contribution < 1.29 is 9.59 Å². The lowest BCUT2D eigenvalue weighted by Gasteiger charge is -2.34. The Hall–Kier alpha value is -2.44. The lowest BCUT2D eigenvalue weighted by Crippen LogP contribution is -2.50. The average molecular weight is 287 g/mol. The van der Waals surface area contributed by atoms with E-state index < -0.39 is 0 Å². The second-order valence-electron chi connectivity index (χ2n) is 5.18. The van der Waals surface area contributed by atoms with E-state index in [1.165, 1.54) is 0 Å². The first-order valence-electron chi connectivity index (χ1n) is 6.92. The van der Waals surface area contributed by atoms with Gasteiger partial charge in [0.15, 0.2) is 5.65 Å². The van der Waals surface area contributed by atoms with E-state index >= 15 is 0 Å². The largest absolute Gasteiger partial charge is 0.339 e. The molecule has 21 heavy (non-hydrogen) atoms. The fourth-order valence-corrected chi connectivity index (χ4v) is 2.56. The van der Waals surface area contributed by atoms with Gasteiger partial charge < -0.3 is 9.80 Å². The van der Waals surface area contributed by atoms with Crippen molar-refractivity contribution in [1.82, 2.24) is 24.4 Å². The molecule has 0 radical (unpaired) electrons. The van der Waals surface area contributed by atoms with Crippen LogP contribution in [0.2, 0.25) is 0 Å². The van der Waals surface area contributed by atoms with Gasteiger partial charge in [0.25, 0.3) is 5.91 Å². The molecular weight excluding hydrogens is 270 g/mol. The van der Waals surface area contributed by atoms with E-state index in [0.717, 1.165) is 5.69 Å². The monoisotopic (exact) mass is 287 g/mol. The number of carbonyl (C=O) groups excluding carboxylic acids is 2. The van der Waals surface area contributed by atoms with Crippen LogP contribution in [0.1, 0.15) is 23.1 Å². The Labute approximate surface area is 122 Å². The first kappa shape index (κ1) is 13.5. The molecule has 3 rings (SSSR count). The van der Waals surface area contributed by atoms with E-state index in [1.54, 1.807) is 39.6 Å². The fourth-order valence-electron chi connectivity index (χ4n) is 2.56. The van der Waals surface area contributed by atoms with Crippen molar-refractivity contribution in [2.75, 3.05) is 26.2 Å². The number of nitrogens with zero attached hydrogens (tertiary/aromatic N) is 5. The maximum atomic E-state index is 12.5. The average Bonchev–Trinajstić information content (AvgIpc) is 2.95. The van der Waals surface area contributed by atoms with Crippen LogP contribution >= 0.6 is 0 Å². The summed E-state index contributed by atoms with van der Waals surface area (Å²) in [5.41, 5.74) is 1.97. The molecule has 0 spiro atoms. The molecule has 2 amide bonds. The van der Waals surface area contributed by atoms with Crippen LogP contribution < -0.4 is 0 Å². The van der Waals surface area contributed by atoms with Crippen molar-refractivity contribution >= 4 is 17.5 Å². The highest BCUT2D eigenvalue weighted by atomic mass is 16.2. The second-order valence-corrected chi connectivity index (χ2v) is 5.18. The number of fused-ring (bicyclic) bond motifs is 1. The third-order valence-corrected chi connectivity index (χ3v) is 3.77. The van der Waals surface area contributed by atoms with Gasteiger partial charge in [0.2, 0.25) is 5.91 Å². The summed E-state index contributed by atoms with van der Waals surface area (Å²) < 4.78 is 1.70. The second kappa shape index (κ2) is 5.16. The molecule has 7 nitrogen and oxygen atoms in total. The summed E-state index contributed by atoms with van der Waals surface area (Å²) in [5.74, 6) is -0.0400. The van der Waals surface area contributed by atoms with Crippen molar-refractivity contribution in [3.63, 3.8) is 0 Å². The lowest BCUT2D eigenvalue weighted by atomic mass is 10.2. The van der Waals surface area contributed by atoms with Gasteiger partial charge in [-0.3, -0.25) is 9.59 Å². The number of rotatable bonds is 1. The van der Waals surface area contributed by atoms with Gasteiger partial charge in [-0.05, 0) is 13.0 Å². The highest BCUT2D eigenvalue weighted by Gasteiger charge is 2.24. The fraction of sp³-hybridized carbons (Fsp3) is 0.429. The minimum Gasteiger partial charge on any atom is -0.339 e. The van der Waals surface area contributed by atoms with Gasteiger partial charge in [-0.25, -0.2) is 9.50 Å². The Bertz CT molecular complexity index is 700. The molecule has 0 bridgehead atoms. The molecule has 0 atom stereocenters. The first-order valence-corrected chi connectivity index (χ1v) is 6.92. The molecule has 0 aliphatic carbocycles. The molecule has 1 fully saturated rings. The Morgan fingerprint density at radius 1 is 1.14 bits per heavy atom. The molecule has 2 aromatic heterocycles. The zero-order valence-electron chi connectivity index (χ0n) is 12.1. The molecular formula is C14H17N5O2. The van der Waals surface area contributed by atoms with Crippen LogP contribution in [0.15, 0.2) is 18.3 Å². The van der Waals surface area contributed by atoms with Crippen LogP contribution in [0.4, 0.5) is 0 Å². The SMILES string of the molecule is CC(=O)N1CCN(C(=O)c2cc(C)n3nccc3n2)CC1. The van der Waals surface area contributed by atoms with Gasteiger partial charge in [0.05, 0.1) is 6.20 Å². The number of aromatic nitrogens is 3. The van der Waals surface area contributed by atoms with Gasteiger partial charge in [0.1, 0.15) is 5.69 Å². The quantitative estimate of drug-likeness (QED) is 0.758. The Kier molecular flexibility index (Phi) is 3.32. The topological polar surface area (TPSA) is 70.8 Å². The summed E-state index contributed by atoms with van der Waals surface area (Å²) in [4.78, 5) is 31.7. The van der Waals surface area contributed by atoms with Gasteiger partial charge in [-0.1, -0.05) is 0 Å². The molecule has 7 heteroatoms. The molecule has 0 aromatic carbocycles. The van der Waals surface area contributed by atoms with Crippen LogP contribution in [0.25, 0.3) is 5.65 Å². The molecule has 3 heterocycles. The van der Waals surface area contributed by atoms with Crippen LogP contribution in [0.5, 0.6) is 0 Å². The van der Waals surface area contributed by atoms with Crippen molar-refractivity contribution in [1.29, 1.82) is 0 Å². The van der Waals surface area contributed by atoms with Crippen molar-refractivity contribution in [3.8, 4) is 0 Å². The molecule has 110 valence electrons. The number of hydrogen-bond acceptors (Lipinski definition) is 4. The molecule has 1 aliphatic heterocycles. The van der Waals surface area contributed by atoms with Gasteiger partial charge in [-0.2, -0.15) is 5.10 Å². The van der Waals surface area contributed by atoms with Crippen molar-refractivity contribution in [2.24, 2.45) is 0 Å². The van der Waals surface area contributed by atoms with E-state index in [2.05, 4.69) is 10.1 Å². The third kappa shape index (κ3) is 2.46. The molecule has 0 saturated carbocycles. The highest BCUT2D eigenvalue weighted by molar-refractivity contribution is 5.93. The standard InChI is InChI=1S/C14H17N5O2/c1-10-9-12(16-13-3-4-15-19(10)13)14(21)18-7-5-17(6-8-18)11(2)20/h3-4,9H,5-8H2,1-2H3. The minimum atomic E-state index is -0.0926. The van der Waals surface area contributed by atoms with Gasteiger partial charge >= 0.3 is 0 Å². The predicted octanol–water partition coefficient (Wildman–Crippen LogP) is 0.342. The summed E-state index contributed by atoms with van der Waals surface area (Å²) in [6.45, 7) is 5.69. The number of aryl methyl sites for hydroxylation is 1. The first-order chi connectivity index (χ1) is 10.1. The number of amides is 2. The summed E-state index contributed by atoms with van der Waals surface area (Å²) in [5, 5.41) is 4.15. The van der Waals surface area contributed by atoms with Crippen LogP contribution in [0.3, 0.4) is 0 Å². The van der Waals surface area contributed by atoms with E-state index in [0.29, 0.717) is 37.5 Å². The number of hydrogen-bond donors (Lipinski definition) is 0. The van der Waals surface area contributed by atoms with Crippen molar-refractivity contribution in [2.45, 2.75) is 13.8 Å².